The summed E-state index contributed by atoms with van der Waals surface area (Å²) in [4.78, 5) is 34.8. The zero-order valence-corrected chi connectivity index (χ0v) is 13.8. The van der Waals surface area contributed by atoms with Gasteiger partial charge in [-0.2, -0.15) is 0 Å². The summed E-state index contributed by atoms with van der Waals surface area (Å²) in [5.41, 5.74) is 0. The van der Waals surface area contributed by atoms with E-state index in [-0.39, 0.29) is 11.8 Å². The van der Waals surface area contributed by atoms with E-state index in [9.17, 15) is 14.4 Å². The average Bonchev–Trinajstić information content (AvgIpc) is 2.87. The monoisotopic (exact) mass is 320 g/mol. The molecule has 2 amide bonds. The molecule has 1 saturated carbocycles. The predicted molar refractivity (Wildman–Crippen MR) is 88.7 cm³/mol. The van der Waals surface area contributed by atoms with Crippen molar-refractivity contribution in [2.45, 2.75) is 51.4 Å². The number of carbonyl (C=O) groups is 3. The van der Waals surface area contributed by atoms with E-state index in [1.807, 2.05) is 0 Å². The van der Waals surface area contributed by atoms with Crippen molar-refractivity contribution in [1.29, 1.82) is 0 Å². The minimum atomic E-state index is -0.159. The molecule has 0 unspecified atom stereocenters. The van der Waals surface area contributed by atoms with Crippen LogP contribution in [0, 0.1) is 11.8 Å². The van der Waals surface area contributed by atoms with Gasteiger partial charge in [0.05, 0.1) is 0 Å². The molecule has 0 saturated heterocycles. The zero-order valence-electron chi connectivity index (χ0n) is 13.8. The Morgan fingerprint density at radius 3 is 2.30 bits per heavy atom. The first-order valence-corrected chi connectivity index (χ1v) is 8.88. The van der Waals surface area contributed by atoms with Gasteiger partial charge in [0.1, 0.15) is 6.29 Å². The summed E-state index contributed by atoms with van der Waals surface area (Å²) < 4.78 is 0. The molecular weight excluding hydrogens is 292 g/mol. The first-order valence-electron chi connectivity index (χ1n) is 8.88. The van der Waals surface area contributed by atoms with Gasteiger partial charge in [-0.25, -0.2) is 0 Å². The molecule has 2 rings (SSSR count). The molecule has 1 N–H and O–H groups in total. The lowest BCUT2D eigenvalue weighted by atomic mass is 9.81. The van der Waals surface area contributed by atoms with E-state index in [1.54, 1.807) is 0 Å². The molecule has 0 bridgehead atoms. The van der Waals surface area contributed by atoms with Crippen LogP contribution < -0.4 is 5.32 Å². The number of aldehydes is 1. The highest BCUT2D eigenvalue weighted by Crippen LogP contribution is 2.29. The van der Waals surface area contributed by atoms with Crippen molar-refractivity contribution in [3.63, 3.8) is 0 Å². The lowest BCUT2D eigenvalue weighted by Crippen LogP contribution is -2.37. The maximum Gasteiger partial charge on any atom is 0.253 e. The molecule has 0 aromatic carbocycles. The minimum absolute atomic E-state index is 0.159. The fraction of sp³-hybridized carbons (Fsp3) is 0.722. The highest BCUT2D eigenvalue weighted by Gasteiger charge is 2.28. The van der Waals surface area contributed by atoms with Crippen molar-refractivity contribution in [3.8, 4) is 0 Å². The second kappa shape index (κ2) is 9.60. The molecule has 0 aromatic heterocycles. The van der Waals surface area contributed by atoms with Gasteiger partial charge in [0.2, 0.25) is 0 Å². The van der Waals surface area contributed by atoms with Gasteiger partial charge in [0, 0.05) is 25.1 Å². The molecule has 1 fully saturated rings. The van der Waals surface area contributed by atoms with E-state index in [1.165, 1.54) is 29.9 Å². The topological polar surface area (TPSA) is 66.5 Å². The fourth-order valence-corrected chi connectivity index (χ4v) is 3.45. The van der Waals surface area contributed by atoms with E-state index < -0.39 is 0 Å². The van der Waals surface area contributed by atoms with E-state index in [0.29, 0.717) is 24.8 Å². The lowest BCUT2D eigenvalue weighted by Gasteiger charge is -2.30. The Balaban J connectivity index is 1.53. The molecule has 0 aromatic rings. The summed E-state index contributed by atoms with van der Waals surface area (Å²) >= 11 is 0. The Bertz CT molecular complexity index is 422. The smallest absolute Gasteiger partial charge is 0.253 e. The Morgan fingerprint density at radius 2 is 1.65 bits per heavy atom. The van der Waals surface area contributed by atoms with Crippen LogP contribution in [0.15, 0.2) is 12.2 Å². The Morgan fingerprint density at radius 1 is 1.00 bits per heavy atom. The number of hydrogen-bond donors (Lipinski definition) is 1. The number of rotatable bonds is 10. The summed E-state index contributed by atoms with van der Waals surface area (Å²) in [5, 5.41) is 3.52. The third-order valence-electron chi connectivity index (χ3n) is 4.92. The minimum Gasteiger partial charge on any atom is -0.316 e. The molecule has 1 heterocycles. The summed E-state index contributed by atoms with van der Waals surface area (Å²) in [6.45, 7) is 2.67. The fourth-order valence-electron chi connectivity index (χ4n) is 3.45. The molecular formula is C18H28N2O3. The van der Waals surface area contributed by atoms with Gasteiger partial charge >= 0.3 is 0 Å². The number of hydrogen-bond acceptors (Lipinski definition) is 4. The van der Waals surface area contributed by atoms with Crippen LogP contribution in [0.2, 0.25) is 0 Å². The number of unbranched alkanes of at least 4 members (excludes halogenated alkanes) is 3. The molecule has 23 heavy (non-hydrogen) atoms. The van der Waals surface area contributed by atoms with Gasteiger partial charge in [-0.05, 0) is 63.5 Å². The maximum atomic E-state index is 11.6. The van der Waals surface area contributed by atoms with E-state index in [4.69, 9.17) is 0 Å². The number of nitrogens with one attached hydrogen (secondary N) is 1. The van der Waals surface area contributed by atoms with Gasteiger partial charge in [-0.3, -0.25) is 14.5 Å². The van der Waals surface area contributed by atoms with Crippen molar-refractivity contribution in [2.75, 3.05) is 19.6 Å². The number of carbonyl (C=O) groups excluding carboxylic acids is 3. The van der Waals surface area contributed by atoms with Crippen molar-refractivity contribution >= 4 is 18.1 Å². The molecule has 2 aliphatic rings. The van der Waals surface area contributed by atoms with Crippen LogP contribution in [-0.2, 0) is 14.4 Å². The van der Waals surface area contributed by atoms with Gasteiger partial charge in [-0.15, -0.1) is 0 Å². The Kier molecular flexibility index (Phi) is 7.46. The molecule has 0 spiro atoms. The van der Waals surface area contributed by atoms with Crippen molar-refractivity contribution in [2.24, 2.45) is 11.8 Å². The quantitative estimate of drug-likeness (QED) is 0.380. The highest BCUT2D eigenvalue weighted by atomic mass is 16.2. The van der Waals surface area contributed by atoms with Crippen molar-refractivity contribution < 1.29 is 14.4 Å². The maximum absolute atomic E-state index is 11.6. The van der Waals surface area contributed by atoms with Crippen LogP contribution in [0.25, 0.3) is 0 Å². The van der Waals surface area contributed by atoms with E-state index >= 15 is 0 Å². The van der Waals surface area contributed by atoms with Gasteiger partial charge in [-0.1, -0.05) is 6.42 Å². The first-order chi connectivity index (χ1) is 11.2. The summed E-state index contributed by atoms with van der Waals surface area (Å²) in [5.74, 6) is 0.855. The zero-order chi connectivity index (χ0) is 16.5. The van der Waals surface area contributed by atoms with Gasteiger partial charge in [0.15, 0.2) is 0 Å². The molecule has 1 aliphatic carbocycles. The molecule has 1 aliphatic heterocycles. The van der Waals surface area contributed by atoms with Crippen LogP contribution in [0.3, 0.4) is 0 Å². The molecule has 5 heteroatoms. The molecule has 0 atom stereocenters. The van der Waals surface area contributed by atoms with Crippen LogP contribution >= 0.6 is 0 Å². The highest BCUT2D eigenvalue weighted by molar-refractivity contribution is 6.12. The Hall–Kier alpha value is -1.49. The average molecular weight is 320 g/mol. The van der Waals surface area contributed by atoms with Crippen LogP contribution in [-0.4, -0.2) is 42.6 Å². The first kappa shape index (κ1) is 17.9. The van der Waals surface area contributed by atoms with Crippen LogP contribution in [0.5, 0.6) is 0 Å². The second-order valence-electron chi connectivity index (χ2n) is 6.73. The summed E-state index contributed by atoms with van der Waals surface area (Å²) in [7, 11) is 0. The van der Waals surface area contributed by atoms with E-state index in [2.05, 4.69) is 5.32 Å². The standard InChI is InChI=1S/C18H28N2O3/c21-12-4-2-1-3-11-19-13-15-5-7-16(8-6-15)14-20-17(22)9-10-18(20)23/h9-10,12,15-16,19H,1-8,11,13-14H2. The third-order valence-corrected chi connectivity index (χ3v) is 4.92. The van der Waals surface area contributed by atoms with Crippen molar-refractivity contribution in [1.82, 2.24) is 10.2 Å². The Labute approximate surface area is 138 Å². The summed E-state index contributed by atoms with van der Waals surface area (Å²) in [6.07, 6.45) is 12.2. The largest absolute Gasteiger partial charge is 0.316 e. The molecule has 128 valence electrons. The number of amides is 2. The number of imide groups is 1. The normalized spacial score (nSPS) is 24.4. The van der Waals surface area contributed by atoms with Crippen molar-refractivity contribution in [3.05, 3.63) is 12.2 Å². The molecule has 5 nitrogen and oxygen atoms in total. The third kappa shape index (κ3) is 5.90. The predicted octanol–water partition coefficient (Wildman–Crippen LogP) is 2.07. The molecule has 0 radical (unpaired) electrons. The lowest BCUT2D eigenvalue weighted by molar-refractivity contribution is -0.137. The van der Waals surface area contributed by atoms with Crippen LogP contribution in [0.4, 0.5) is 0 Å². The number of nitrogens with zero attached hydrogens (tertiary/aromatic N) is 1. The van der Waals surface area contributed by atoms with Gasteiger partial charge < -0.3 is 10.1 Å². The SMILES string of the molecule is O=CCCCCCNCC1CCC(CN2C(=O)C=CC2=O)CC1. The summed E-state index contributed by atoms with van der Waals surface area (Å²) in [6, 6.07) is 0. The van der Waals surface area contributed by atoms with Gasteiger partial charge in [0.25, 0.3) is 11.8 Å². The second-order valence-corrected chi connectivity index (χ2v) is 6.73. The van der Waals surface area contributed by atoms with E-state index in [0.717, 1.165) is 51.5 Å². The van der Waals surface area contributed by atoms with Crippen LogP contribution in [0.1, 0.15) is 51.4 Å².